The van der Waals surface area contributed by atoms with Gasteiger partial charge in [0.1, 0.15) is 16.5 Å². The van der Waals surface area contributed by atoms with Gasteiger partial charge in [0.05, 0.1) is 17.7 Å². The average molecular weight is 386 g/mol. The van der Waals surface area contributed by atoms with Crippen molar-refractivity contribution in [2.75, 3.05) is 5.32 Å². The number of aromatic nitrogens is 1. The van der Waals surface area contributed by atoms with Crippen LogP contribution < -0.4 is 5.32 Å². The maximum atomic E-state index is 13.3. The van der Waals surface area contributed by atoms with Crippen LogP contribution in [0.15, 0.2) is 56.9 Å². The summed E-state index contributed by atoms with van der Waals surface area (Å²) in [5, 5.41) is 2.71. The molecule has 2 heterocycles. The summed E-state index contributed by atoms with van der Waals surface area (Å²) in [6.45, 7) is 7.16. The summed E-state index contributed by atoms with van der Waals surface area (Å²) in [5.41, 5.74) is 2.33. The first-order valence-electron chi connectivity index (χ1n) is 8.53. The van der Waals surface area contributed by atoms with Gasteiger partial charge in [0.2, 0.25) is 15.7 Å². The van der Waals surface area contributed by atoms with E-state index in [0.29, 0.717) is 17.9 Å². The van der Waals surface area contributed by atoms with Crippen molar-refractivity contribution in [2.24, 2.45) is 0 Å². The fourth-order valence-electron chi connectivity index (χ4n) is 3.05. The molecular weight excluding hydrogens is 364 g/mol. The lowest BCUT2D eigenvalue weighted by molar-refractivity contribution is -0.114. The van der Waals surface area contributed by atoms with Crippen LogP contribution in [0.1, 0.15) is 29.5 Å². The quantitative estimate of drug-likeness (QED) is 0.722. The lowest BCUT2D eigenvalue weighted by Gasteiger charge is -2.12. The molecule has 1 N–H and O–H groups in total. The van der Waals surface area contributed by atoms with Crippen molar-refractivity contribution in [2.45, 2.75) is 44.0 Å². The largest absolute Gasteiger partial charge is 0.467 e. The second-order valence-corrected chi connectivity index (χ2v) is 8.44. The summed E-state index contributed by atoms with van der Waals surface area (Å²) in [5.74, 6) is 0.585. The summed E-state index contributed by atoms with van der Waals surface area (Å²) < 4.78 is 33.9. The van der Waals surface area contributed by atoms with Crippen molar-refractivity contribution in [1.82, 2.24) is 4.57 Å². The Balaban J connectivity index is 2.22. The van der Waals surface area contributed by atoms with E-state index in [1.54, 1.807) is 54.2 Å². The van der Waals surface area contributed by atoms with Crippen molar-refractivity contribution in [3.05, 3.63) is 65.2 Å². The number of aryl methyl sites for hydroxylation is 1. The third-order valence-electron chi connectivity index (χ3n) is 4.56. The summed E-state index contributed by atoms with van der Waals surface area (Å²) in [4.78, 5) is 12.1. The molecule has 7 heteroatoms. The van der Waals surface area contributed by atoms with E-state index in [-0.39, 0.29) is 21.5 Å². The van der Waals surface area contributed by atoms with Crippen LogP contribution in [0.25, 0.3) is 0 Å². The molecule has 3 rings (SSSR count). The van der Waals surface area contributed by atoms with Gasteiger partial charge in [0.15, 0.2) is 0 Å². The summed E-state index contributed by atoms with van der Waals surface area (Å²) in [6, 6.07) is 10.3. The highest BCUT2D eigenvalue weighted by molar-refractivity contribution is 7.91. The van der Waals surface area contributed by atoms with E-state index in [1.807, 2.05) is 13.8 Å². The molecule has 3 aromatic rings. The Morgan fingerprint density at radius 2 is 1.78 bits per heavy atom. The van der Waals surface area contributed by atoms with Crippen molar-refractivity contribution in [3.63, 3.8) is 0 Å². The molecule has 27 heavy (non-hydrogen) atoms. The van der Waals surface area contributed by atoms with Gasteiger partial charge < -0.3 is 14.3 Å². The van der Waals surface area contributed by atoms with Gasteiger partial charge >= 0.3 is 0 Å². The number of furan rings is 1. The van der Waals surface area contributed by atoms with Crippen molar-refractivity contribution >= 4 is 21.6 Å². The monoisotopic (exact) mass is 386 g/mol. The number of carbonyl (C=O) groups excluding carboxylic acids is 1. The number of sulfone groups is 1. The molecule has 0 radical (unpaired) electrons. The number of hydrogen-bond acceptors (Lipinski definition) is 4. The molecule has 0 atom stereocenters. The van der Waals surface area contributed by atoms with Gasteiger partial charge in [0, 0.05) is 12.6 Å². The maximum Gasteiger partial charge on any atom is 0.222 e. The standard InChI is InChI=1S/C20H22N2O4S/c1-13-7-9-18(10-8-13)27(24,25)19-14(2)15(3)22(20(19)21-16(4)23)12-17-6-5-11-26-17/h5-11H,12H2,1-4H3,(H,21,23). The highest BCUT2D eigenvalue weighted by Gasteiger charge is 2.30. The number of nitrogens with zero attached hydrogens (tertiary/aromatic N) is 1. The Kier molecular flexibility index (Phi) is 4.97. The predicted octanol–water partition coefficient (Wildman–Crippen LogP) is 3.85. The van der Waals surface area contributed by atoms with Crippen LogP contribution in [0, 0.1) is 20.8 Å². The van der Waals surface area contributed by atoms with E-state index in [1.165, 1.54) is 6.92 Å². The molecule has 0 saturated carbocycles. The fraction of sp³-hybridized carbons (Fsp3) is 0.250. The molecule has 0 aliphatic heterocycles. The highest BCUT2D eigenvalue weighted by atomic mass is 32.2. The minimum Gasteiger partial charge on any atom is -0.467 e. The molecule has 142 valence electrons. The molecule has 0 aliphatic carbocycles. The van der Waals surface area contributed by atoms with Gasteiger partial charge in [0.25, 0.3) is 0 Å². The molecule has 0 saturated heterocycles. The lowest BCUT2D eigenvalue weighted by atomic mass is 10.2. The Morgan fingerprint density at radius 3 is 2.33 bits per heavy atom. The minimum atomic E-state index is -3.81. The third-order valence-corrected chi connectivity index (χ3v) is 6.49. The molecule has 0 aliphatic rings. The average Bonchev–Trinajstić information content (AvgIpc) is 3.18. The van der Waals surface area contributed by atoms with Crippen LogP contribution in [-0.2, 0) is 21.2 Å². The van der Waals surface area contributed by atoms with Crippen LogP contribution in [0.5, 0.6) is 0 Å². The molecule has 6 nitrogen and oxygen atoms in total. The van der Waals surface area contributed by atoms with Gasteiger partial charge in [-0.05, 0) is 50.6 Å². The Bertz CT molecular complexity index is 1080. The molecule has 2 aromatic heterocycles. The number of anilines is 1. The molecule has 0 fully saturated rings. The number of nitrogens with one attached hydrogen (secondary N) is 1. The number of benzene rings is 1. The SMILES string of the molecule is CC(=O)Nc1c(S(=O)(=O)c2ccc(C)cc2)c(C)c(C)n1Cc1ccco1. The number of carbonyl (C=O) groups is 1. The topological polar surface area (TPSA) is 81.3 Å². The van der Waals surface area contributed by atoms with Crippen LogP contribution in [0.2, 0.25) is 0 Å². The fourth-order valence-corrected chi connectivity index (χ4v) is 4.74. The summed E-state index contributed by atoms with van der Waals surface area (Å²) in [7, 11) is -3.81. The zero-order valence-corrected chi connectivity index (χ0v) is 16.6. The maximum absolute atomic E-state index is 13.3. The zero-order chi connectivity index (χ0) is 19.8. The second-order valence-electron chi connectivity index (χ2n) is 6.55. The van der Waals surface area contributed by atoms with E-state index >= 15 is 0 Å². The highest BCUT2D eigenvalue weighted by Crippen LogP contribution is 2.36. The van der Waals surface area contributed by atoms with Crippen molar-refractivity contribution < 1.29 is 17.6 Å². The number of amides is 1. The Morgan fingerprint density at radius 1 is 1.11 bits per heavy atom. The van der Waals surface area contributed by atoms with Gasteiger partial charge in [-0.2, -0.15) is 0 Å². The van der Waals surface area contributed by atoms with Gasteiger partial charge in [-0.15, -0.1) is 0 Å². The molecule has 0 bridgehead atoms. The van der Waals surface area contributed by atoms with Crippen LogP contribution in [0.4, 0.5) is 5.82 Å². The zero-order valence-electron chi connectivity index (χ0n) is 15.7. The van der Waals surface area contributed by atoms with Gasteiger partial charge in [-0.25, -0.2) is 8.42 Å². The van der Waals surface area contributed by atoms with E-state index in [0.717, 1.165) is 11.3 Å². The second kappa shape index (κ2) is 7.08. The minimum absolute atomic E-state index is 0.116. The smallest absolute Gasteiger partial charge is 0.222 e. The van der Waals surface area contributed by atoms with Gasteiger partial charge in [-0.3, -0.25) is 4.79 Å². The van der Waals surface area contributed by atoms with Gasteiger partial charge in [-0.1, -0.05) is 17.7 Å². The molecule has 1 amide bonds. The van der Waals surface area contributed by atoms with Crippen molar-refractivity contribution in [1.29, 1.82) is 0 Å². The van der Waals surface area contributed by atoms with E-state index < -0.39 is 9.84 Å². The molecule has 0 spiro atoms. The first-order chi connectivity index (χ1) is 12.7. The van der Waals surface area contributed by atoms with Crippen LogP contribution in [0.3, 0.4) is 0 Å². The third kappa shape index (κ3) is 3.55. The summed E-state index contributed by atoms with van der Waals surface area (Å²) >= 11 is 0. The lowest BCUT2D eigenvalue weighted by Crippen LogP contribution is -2.15. The predicted molar refractivity (Wildman–Crippen MR) is 103 cm³/mol. The first-order valence-corrected chi connectivity index (χ1v) is 10.0. The van der Waals surface area contributed by atoms with Crippen LogP contribution >= 0.6 is 0 Å². The molecule has 1 aromatic carbocycles. The molecular formula is C20H22N2O4S. The first kappa shape index (κ1) is 19.0. The van der Waals surface area contributed by atoms with E-state index in [9.17, 15) is 13.2 Å². The van der Waals surface area contributed by atoms with E-state index in [4.69, 9.17) is 4.42 Å². The Hall–Kier alpha value is -2.80. The van der Waals surface area contributed by atoms with Crippen LogP contribution in [-0.4, -0.2) is 18.9 Å². The Labute approximate surface area is 158 Å². The van der Waals surface area contributed by atoms with E-state index in [2.05, 4.69) is 5.32 Å². The number of hydrogen-bond donors (Lipinski definition) is 1. The molecule has 0 unspecified atom stereocenters. The normalized spacial score (nSPS) is 11.6. The van der Waals surface area contributed by atoms with Crippen molar-refractivity contribution in [3.8, 4) is 0 Å². The summed E-state index contributed by atoms with van der Waals surface area (Å²) in [6.07, 6.45) is 1.56. The number of rotatable bonds is 5.